The standard InChI is InChI=1S/C15H21F3N2O/c1-21-13-5-7-20(8-6-13)14(10-19)11-3-2-4-12(9-11)15(16,17)18/h2-4,9,13-14H,5-8,10,19H2,1H3. The third kappa shape index (κ3) is 3.96. The Kier molecular flexibility index (Phi) is 5.24. The summed E-state index contributed by atoms with van der Waals surface area (Å²) in [4.78, 5) is 2.14. The van der Waals surface area contributed by atoms with Gasteiger partial charge in [0.2, 0.25) is 0 Å². The molecule has 1 unspecified atom stereocenters. The molecule has 1 aromatic carbocycles. The van der Waals surface area contributed by atoms with Crippen molar-refractivity contribution in [3.05, 3.63) is 35.4 Å². The molecule has 2 rings (SSSR count). The molecular weight excluding hydrogens is 281 g/mol. The van der Waals surface area contributed by atoms with E-state index >= 15 is 0 Å². The number of rotatable bonds is 4. The average Bonchev–Trinajstić information content (AvgIpc) is 2.48. The van der Waals surface area contributed by atoms with Crippen LogP contribution in [-0.2, 0) is 10.9 Å². The van der Waals surface area contributed by atoms with E-state index in [1.807, 2.05) is 0 Å². The zero-order chi connectivity index (χ0) is 15.5. The number of likely N-dealkylation sites (tertiary alicyclic amines) is 1. The Hall–Kier alpha value is -1.11. The quantitative estimate of drug-likeness (QED) is 0.929. The molecule has 1 aliphatic rings. The summed E-state index contributed by atoms with van der Waals surface area (Å²) in [6.45, 7) is 1.88. The molecule has 3 nitrogen and oxygen atoms in total. The van der Waals surface area contributed by atoms with Crippen molar-refractivity contribution in [1.82, 2.24) is 4.90 Å². The van der Waals surface area contributed by atoms with E-state index in [1.165, 1.54) is 12.1 Å². The molecule has 1 atom stereocenters. The van der Waals surface area contributed by atoms with E-state index in [0.717, 1.165) is 32.0 Å². The number of benzene rings is 1. The van der Waals surface area contributed by atoms with Crippen molar-refractivity contribution in [1.29, 1.82) is 0 Å². The average molecular weight is 302 g/mol. The Labute approximate surface area is 122 Å². The van der Waals surface area contributed by atoms with Crippen LogP contribution in [0.2, 0.25) is 0 Å². The van der Waals surface area contributed by atoms with Crippen molar-refractivity contribution in [3.63, 3.8) is 0 Å². The Bertz CT molecular complexity index is 456. The second-order valence-electron chi connectivity index (χ2n) is 5.35. The maximum absolute atomic E-state index is 12.8. The molecule has 0 saturated carbocycles. The summed E-state index contributed by atoms with van der Waals surface area (Å²) in [5.41, 5.74) is 5.82. The Morgan fingerprint density at radius 3 is 2.52 bits per heavy atom. The lowest BCUT2D eigenvalue weighted by atomic mass is 9.99. The normalized spacial score (nSPS) is 19.7. The number of alkyl halides is 3. The van der Waals surface area contributed by atoms with Crippen LogP contribution in [0.1, 0.15) is 30.0 Å². The van der Waals surface area contributed by atoms with Crippen LogP contribution in [0.25, 0.3) is 0 Å². The van der Waals surface area contributed by atoms with Gasteiger partial charge in [0.1, 0.15) is 0 Å². The highest BCUT2D eigenvalue weighted by atomic mass is 19.4. The SMILES string of the molecule is COC1CCN(C(CN)c2cccc(C(F)(F)F)c2)CC1. The molecule has 0 bridgehead atoms. The number of ether oxygens (including phenoxy) is 1. The zero-order valence-electron chi connectivity index (χ0n) is 12.1. The molecular formula is C15H21F3N2O. The van der Waals surface area contributed by atoms with E-state index < -0.39 is 11.7 Å². The van der Waals surface area contributed by atoms with Gasteiger partial charge >= 0.3 is 6.18 Å². The lowest BCUT2D eigenvalue weighted by Crippen LogP contribution is -2.41. The van der Waals surface area contributed by atoms with Crippen LogP contribution in [0.5, 0.6) is 0 Å². The fourth-order valence-corrected chi connectivity index (χ4v) is 2.84. The molecule has 0 radical (unpaired) electrons. The molecule has 2 N–H and O–H groups in total. The van der Waals surface area contributed by atoms with E-state index in [1.54, 1.807) is 13.2 Å². The van der Waals surface area contributed by atoms with Gasteiger partial charge in [0.25, 0.3) is 0 Å². The van der Waals surface area contributed by atoms with Crippen LogP contribution in [0.3, 0.4) is 0 Å². The minimum Gasteiger partial charge on any atom is -0.381 e. The highest BCUT2D eigenvalue weighted by molar-refractivity contribution is 5.28. The zero-order valence-corrected chi connectivity index (χ0v) is 12.1. The van der Waals surface area contributed by atoms with E-state index in [4.69, 9.17) is 10.5 Å². The van der Waals surface area contributed by atoms with Crippen molar-refractivity contribution < 1.29 is 17.9 Å². The lowest BCUT2D eigenvalue weighted by molar-refractivity contribution is -0.137. The minimum absolute atomic E-state index is 0.176. The van der Waals surface area contributed by atoms with Crippen LogP contribution in [-0.4, -0.2) is 37.7 Å². The number of piperidine rings is 1. The van der Waals surface area contributed by atoms with E-state index in [0.29, 0.717) is 12.1 Å². The second-order valence-corrected chi connectivity index (χ2v) is 5.35. The summed E-state index contributed by atoms with van der Waals surface area (Å²) in [5, 5.41) is 0. The van der Waals surface area contributed by atoms with E-state index in [2.05, 4.69) is 4.90 Å². The third-order valence-corrected chi connectivity index (χ3v) is 4.07. The fraction of sp³-hybridized carbons (Fsp3) is 0.600. The molecule has 21 heavy (non-hydrogen) atoms. The van der Waals surface area contributed by atoms with Gasteiger partial charge in [-0.2, -0.15) is 13.2 Å². The van der Waals surface area contributed by atoms with Gasteiger partial charge in [0.05, 0.1) is 11.7 Å². The highest BCUT2D eigenvalue weighted by Gasteiger charge is 2.32. The number of hydrogen-bond acceptors (Lipinski definition) is 3. The first-order valence-electron chi connectivity index (χ1n) is 7.09. The summed E-state index contributed by atoms with van der Waals surface area (Å²) in [5.74, 6) is 0. The Morgan fingerprint density at radius 1 is 1.33 bits per heavy atom. The number of nitrogens with zero attached hydrogens (tertiary/aromatic N) is 1. The number of methoxy groups -OCH3 is 1. The van der Waals surface area contributed by atoms with Crippen LogP contribution >= 0.6 is 0 Å². The van der Waals surface area contributed by atoms with Gasteiger partial charge in [-0.1, -0.05) is 12.1 Å². The van der Waals surface area contributed by atoms with Crippen LogP contribution < -0.4 is 5.73 Å². The summed E-state index contributed by atoms with van der Waals surface area (Å²) >= 11 is 0. The summed E-state index contributed by atoms with van der Waals surface area (Å²) in [6, 6.07) is 5.29. The van der Waals surface area contributed by atoms with Crippen LogP contribution in [0.4, 0.5) is 13.2 Å². The number of hydrogen-bond donors (Lipinski definition) is 1. The van der Waals surface area contributed by atoms with E-state index in [-0.39, 0.29) is 12.1 Å². The monoisotopic (exact) mass is 302 g/mol. The van der Waals surface area contributed by atoms with Gasteiger partial charge in [-0.3, -0.25) is 4.90 Å². The van der Waals surface area contributed by atoms with Crippen molar-refractivity contribution in [2.75, 3.05) is 26.7 Å². The predicted octanol–water partition coefficient (Wildman–Crippen LogP) is 2.82. The highest BCUT2D eigenvalue weighted by Crippen LogP contribution is 2.32. The van der Waals surface area contributed by atoms with Gasteiger partial charge in [0, 0.05) is 32.8 Å². The van der Waals surface area contributed by atoms with Crippen molar-refractivity contribution in [2.24, 2.45) is 5.73 Å². The van der Waals surface area contributed by atoms with E-state index in [9.17, 15) is 13.2 Å². The lowest BCUT2D eigenvalue weighted by Gasteiger charge is -2.37. The molecule has 1 fully saturated rings. The molecule has 1 aliphatic heterocycles. The molecule has 0 amide bonds. The molecule has 1 aromatic rings. The molecule has 0 spiro atoms. The van der Waals surface area contributed by atoms with Crippen molar-refractivity contribution in [3.8, 4) is 0 Å². The number of nitrogens with two attached hydrogens (primary N) is 1. The Balaban J connectivity index is 2.14. The number of halogens is 3. The third-order valence-electron chi connectivity index (χ3n) is 4.07. The maximum Gasteiger partial charge on any atom is 0.416 e. The van der Waals surface area contributed by atoms with Gasteiger partial charge < -0.3 is 10.5 Å². The molecule has 118 valence electrons. The molecule has 1 saturated heterocycles. The summed E-state index contributed by atoms with van der Waals surface area (Å²) in [6.07, 6.45) is -2.32. The summed E-state index contributed by atoms with van der Waals surface area (Å²) < 4.78 is 43.8. The van der Waals surface area contributed by atoms with Crippen LogP contribution in [0.15, 0.2) is 24.3 Å². The first-order chi connectivity index (χ1) is 9.95. The van der Waals surface area contributed by atoms with Gasteiger partial charge in [-0.25, -0.2) is 0 Å². The van der Waals surface area contributed by atoms with Crippen molar-refractivity contribution in [2.45, 2.75) is 31.2 Å². The van der Waals surface area contributed by atoms with Crippen molar-refractivity contribution >= 4 is 0 Å². The summed E-state index contributed by atoms with van der Waals surface area (Å²) in [7, 11) is 1.69. The van der Waals surface area contributed by atoms with Gasteiger partial charge in [-0.05, 0) is 30.5 Å². The molecule has 0 aliphatic carbocycles. The van der Waals surface area contributed by atoms with Gasteiger partial charge in [0.15, 0.2) is 0 Å². The second kappa shape index (κ2) is 6.77. The topological polar surface area (TPSA) is 38.5 Å². The fourth-order valence-electron chi connectivity index (χ4n) is 2.84. The minimum atomic E-state index is -4.32. The molecule has 1 heterocycles. The first kappa shape index (κ1) is 16.3. The molecule has 6 heteroatoms. The maximum atomic E-state index is 12.8. The van der Waals surface area contributed by atoms with Crippen LogP contribution in [0, 0.1) is 0 Å². The predicted molar refractivity (Wildman–Crippen MR) is 74.8 cm³/mol. The molecule has 0 aromatic heterocycles. The smallest absolute Gasteiger partial charge is 0.381 e. The first-order valence-corrected chi connectivity index (χ1v) is 7.09. The van der Waals surface area contributed by atoms with Gasteiger partial charge in [-0.15, -0.1) is 0 Å². The Morgan fingerprint density at radius 2 is 2.00 bits per heavy atom. The largest absolute Gasteiger partial charge is 0.416 e.